The molecule has 0 aliphatic carbocycles. The van der Waals surface area contributed by atoms with Crippen LogP contribution in [0.1, 0.15) is 11.1 Å². The first-order valence-corrected chi connectivity index (χ1v) is 5.97. The van der Waals surface area contributed by atoms with Crippen molar-refractivity contribution in [1.82, 2.24) is 0 Å². The molecule has 2 aromatic carbocycles. The van der Waals surface area contributed by atoms with Crippen LogP contribution in [0.15, 0.2) is 54.6 Å². The van der Waals surface area contributed by atoms with Gasteiger partial charge in [0.25, 0.3) is 0 Å². The molecule has 2 heteroatoms. The molecule has 0 saturated carbocycles. The molecule has 0 aliphatic heterocycles. The van der Waals surface area contributed by atoms with Crippen molar-refractivity contribution in [1.29, 1.82) is 0 Å². The van der Waals surface area contributed by atoms with Gasteiger partial charge in [-0.25, -0.2) is 4.85 Å². The van der Waals surface area contributed by atoms with Crippen molar-refractivity contribution in [3.05, 3.63) is 77.1 Å². The maximum Gasteiger partial charge on any atom is 0.202 e. The summed E-state index contributed by atoms with van der Waals surface area (Å²) in [7, 11) is 0. The summed E-state index contributed by atoms with van der Waals surface area (Å²) in [6.45, 7) is 7.96. The van der Waals surface area contributed by atoms with Crippen LogP contribution >= 0.6 is 0 Å². The number of nitrogens with zero attached hydrogens (tertiary/aromatic N) is 1. The zero-order valence-corrected chi connectivity index (χ0v) is 10.5. The molecule has 19 heavy (non-hydrogen) atoms. The fraction of sp³-hybridized carbons (Fsp3) is 0.118. The lowest BCUT2D eigenvalue weighted by Crippen LogP contribution is -1.92. The Bertz CT molecular complexity index is 630. The first kappa shape index (κ1) is 12.9. The van der Waals surface area contributed by atoms with Gasteiger partial charge in [-0.2, -0.15) is 0 Å². The van der Waals surface area contributed by atoms with E-state index in [1.54, 1.807) is 6.07 Å². The van der Waals surface area contributed by atoms with E-state index in [0.29, 0.717) is 18.9 Å². The second-order valence-electron chi connectivity index (χ2n) is 3.91. The summed E-state index contributed by atoms with van der Waals surface area (Å²) in [6, 6.07) is 17.3. The van der Waals surface area contributed by atoms with Gasteiger partial charge in [-0.3, -0.25) is 0 Å². The Hall–Kier alpha value is -2.55. The molecule has 0 aliphatic rings. The van der Waals surface area contributed by atoms with Gasteiger partial charge in [-0.05, 0) is 5.56 Å². The van der Waals surface area contributed by atoms with Gasteiger partial charge in [-0.1, -0.05) is 66.4 Å². The number of benzene rings is 2. The van der Waals surface area contributed by atoms with E-state index in [1.807, 2.05) is 48.5 Å². The molecule has 0 N–H and O–H groups in total. The average molecular weight is 247 g/mol. The molecule has 2 rings (SSSR count). The highest BCUT2D eigenvalue weighted by molar-refractivity contribution is 5.59. The van der Waals surface area contributed by atoms with E-state index in [0.717, 1.165) is 11.1 Å². The molecule has 0 saturated heterocycles. The molecule has 0 fully saturated rings. The Morgan fingerprint density at radius 3 is 2.53 bits per heavy atom. The van der Waals surface area contributed by atoms with E-state index in [9.17, 15) is 0 Å². The smallest absolute Gasteiger partial charge is 0.202 e. The highest BCUT2D eigenvalue weighted by Crippen LogP contribution is 2.16. The van der Waals surface area contributed by atoms with Gasteiger partial charge in [-0.15, -0.1) is 0 Å². The van der Waals surface area contributed by atoms with E-state index in [1.165, 1.54) is 0 Å². The Morgan fingerprint density at radius 2 is 1.74 bits per heavy atom. The molecule has 0 amide bonds. The van der Waals surface area contributed by atoms with Crippen LogP contribution in [0.2, 0.25) is 0 Å². The minimum atomic E-state index is 0.362. The summed E-state index contributed by atoms with van der Waals surface area (Å²) >= 11 is 0. The molecule has 2 aromatic rings. The van der Waals surface area contributed by atoms with Crippen LogP contribution < -0.4 is 0 Å². The number of para-hydroxylation sites is 1. The molecule has 0 aromatic heterocycles. The van der Waals surface area contributed by atoms with E-state index < -0.39 is 0 Å². The van der Waals surface area contributed by atoms with Crippen molar-refractivity contribution in [2.75, 3.05) is 6.61 Å². The Morgan fingerprint density at radius 1 is 1.00 bits per heavy atom. The van der Waals surface area contributed by atoms with Gasteiger partial charge in [0.05, 0.1) is 13.2 Å². The minimum Gasteiger partial charge on any atom is -0.364 e. The molecule has 0 radical (unpaired) electrons. The summed E-state index contributed by atoms with van der Waals surface area (Å²) in [5.74, 6) is 5.89. The quantitative estimate of drug-likeness (QED) is 0.457. The maximum atomic E-state index is 7.04. The highest BCUT2D eigenvalue weighted by Gasteiger charge is 1.95. The van der Waals surface area contributed by atoms with Crippen molar-refractivity contribution < 1.29 is 4.74 Å². The molecule has 0 spiro atoms. The lowest BCUT2D eigenvalue weighted by molar-refractivity contribution is 0.153. The topological polar surface area (TPSA) is 13.6 Å². The molecular formula is C17H13NO. The van der Waals surface area contributed by atoms with Crippen LogP contribution in [0.3, 0.4) is 0 Å². The lowest BCUT2D eigenvalue weighted by Gasteiger charge is -1.99. The van der Waals surface area contributed by atoms with Crippen LogP contribution in [0.25, 0.3) is 4.85 Å². The normalized spacial score (nSPS) is 9.21. The van der Waals surface area contributed by atoms with Crippen LogP contribution in [-0.2, 0) is 11.3 Å². The summed E-state index contributed by atoms with van der Waals surface area (Å²) in [4.78, 5) is 3.42. The number of ether oxygens (including phenoxy) is 1. The van der Waals surface area contributed by atoms with Gasteiger partial charge in [0.2, 0.25) is 5.69 Å². The largest absolute Gasteiger partial charge is 0.364 e. The molecular weight excluding hydrogens is 234 g/mol. The van der Waals surface area contributed by atoms with Crippen molar-refractivity contribution in [3.63, 3.8) is 0 Å². The summed E-state index contributed by atoms with van der Waals surface area (Å²) in [5, 5.41) is 0. The molecule has 0 atom stereocenters. The van der Waals surface area contributed by atoms with Gasteiger partial charge in [0.1, 0.15) is 6.61 Å². The Kier molecular flexibility index (Phi) is 4.76. The second-order valence-corrected chi connectivity index (χ2v) is 3.91. The van der Waals surface area contributed by atoms with Crippen molar-refractivity contribution in [2.24, 2.45) is 0 Å². The molecule has 2 nitrogen and oxygen atoms in total. The lowest BCUT2D eigenvalue weighted by atomic mass is 10.2. The van der Waals surface area contributed by atoms with E-state index >= 15 is 0 Å². The average Bonchev–Trinajstić information content (AvgIpc) is 2.48. The summed E-state index contributed by atoms with van der Waals surface area (Å²) in [5.41, 5.74) is 2.46. The van der Waals surface area contributed by atoms with Gasteiger partial charge in [0.15, 0.2) is 0 Å². The SMILES string of the molecule is [C-]#[N+]c1ccccc1C#CCOCc1ccccc1. The Balaban J connectivity index is 1.87. The predicted molar refractivity (Wildman–Crippen MR) is 75.7 cm³/mol. The van der Waals surface area contributed by atoms with Gasteiger partial charge in [0, 0.05) is 5.56 Å². The molecule has 92 valence electrons. The van der Waals surface area contributed by atoms with Crippen molar-refractivity contribution in [2.45, 2.75) is 6.61 Å². The fourth-order valence-corrected chi connectivity index (χ4v) is 1.60. The zero-order valence-electron chi connectivity index (χ0n) is 10.5. The van der Waals surface area contributed by atoms with Crippen molar-refractivity contribution in [3.8, 4) is 11.8 Å². The third kappa shape index (κ3) is 4.00. The fourth-order valence-electron chi connectivity index (χ4n) is 1.60. The van der Waals surface area contributed by atoms with Crippen molar-refractivity contribution >= 4 is 5.69 Å². The standard InChI is InChI=1S/C17H13NO/c1-18-17-12-6-5-10-16(17)11-7-13-19-14-15-8-3-2-4-9-15/h2-6,8-10,12H,13-14H2. The molecule has 0 heterocycles. The molecule has 0 unspecified atom stereocenters. The minimum absolute atomic E-state index is 0.362. The van der Waals surface area contributed by atoms with Crippen LogP contribution in [0.4, 0.5) is 5.69 Å². The van der Waals surface area contributed by atoms with E-state index in [2.05, 4.69) is 16.7 Å². The van der Waals surface area contributed by atoms with Gasteiger partial charge >= 0.3 is 0 Å². The second kappa shape index (κ2) is 7.01. The first-order valence-electron chi connectivity index (χ1n) is 5.97. The third-order valence-electron chi connectivity index (χ3n) is 2.53. The Labute approximate surface area is 113 Å². The summed E-state index contributed by atoms with van der Waals surface area (Å²) < 4.78 is 5.46. The number of hydrogen-bond donors (Lipinski definition) is 0. The highest BCUT2D eigenvalue weighted by atomic mass is 16.5. The molecule has 0 bridgehead atoms. The monoisotopic (exact) mass is 247 g/mol. The number of rotatable bonds is 3. The third-order valence-corrected chi connectivity index (χ3v) is 2.53. The van der Waals surface area contributed by atoms with Gasteiger partial charge < -0.3 is 4.74 Å². The number of hydrogen-bond acceptors (Lipinski definition) is 1. The predicted octanol–water partition coefficient (Wildman–Crippen LogP) is 3.81. The van der Waals surface area contributed by atoms with E-state index in [4.69, 9.17) is 11.3 Å². The maximum absolute atomic E-state index is 7.04. The van der Waals surface area contributed by atoms with Crippen LogP contribution in [-0.4, -0.2) is 6.61 Å². The van der Waals surface area contributed by atoms with Crippen LogP contribution in [0, 0.1) is 18.4 Å². The summed E-state index contributed by atoms with van der Waals surface area (Å²) in [6.07, 6.45) is 0. The van der Waals surface area contributed by atoms with E-state index in [-0.39, 0.29) is 0 Å². The first-order chi connectivity index (χ1) is 9.40. The zero-order chi connectivity index (χ0) is 13.3. The van der Waals surface area contributed by atoms with Crippen LogP contribution in [0.5, 0.6) is 0 Å².